The lowest BCUT2D eigenvalue weighted by Gasteiger charge is -2.16. The minimum Gasteiger partial charge on any atom is -0.465 e. The summed E-state index contributed by atoms with van der Waals surface area (Å²) < 4.78 is 9.67. The van der Waals surface area contributed by atoms with Gasteiger partial charge in [-0.2, -0.15) is 0 Å². The summed E-state index contributed by atoms with van der Waals surface area (Å²) in [5.41, 5.74) is 0.994. The first-order valence-electron chi connectivity index (χ1n) is 2.71. The summed E-state index contributed by atoms with van der Waals surface area (Å²) >= 11 is 0. The fourth-order valence-electron chi connectivity index (χ4n) is 0.541. The maximum absolute atomic E-state index is 9.99. The number of hydrogen-bond acceptors (Lipinski definition) is 3. The third-order valence-corrected chi connectivity index (χ3v) is 0.990. The van der Waals surface area contributed by atoms with E-state index in [2.05, 4.69) is 0 Å². The van der Waals surface area contributed by atoms with E-state index in [1.165, 1.54) is 0 Å². The van der Waals surface area contributed by atoms with Crippen molar-refractivity contribution < 1.29 is 14.3 Å². The number of ether oxygens (including phenoxy) is 2. The van der Waals surface area contributed by atoms with Crippen LogP contribution in [-0.4, -0.2) is 19.2 Å². The number of rotatable bonds is 1. The van der Waals surface area contributed by atoms with Gasteiger partial charge in [0.25, 0.3) is 6.29 Å². The first-order chi connectivity index (χ1) is 4.33. The zero-order valence-electron chi connectivity index (χ0n) is 5.16. The molecule has 0 bridgehead atoms. The third kappa shape index (κ3) is 1.54. The van der Waals surface area contributed by atoms with Gasteiger partial charge in [-0.25, -0.2) is 0 Å². The summed E-state index contributed by atoms with van der Waals surface area (Å²) in [6, 6.07) is 0. The van der Waals surface area contributed by atoms with Crippen molar-refractivity contribution in [2.24, 2.45) is 0 Å². The predicted molar refractivity (Wildman–Crippen MR) is 30.6 cm³/mol. The summed E-state index contributed by atoms with van der Waals surface area (Å²) in [6.45, 7) is 2.37. The average molecular weight is 128 g/mol. The standard InChI is InChI=1S/C6H8O3/c1-5-3-8-6(2-7)9-4-5/h2-3,6H,4H2,1H3. The normalized spacial score (nSPS) is 26.3. The van der Waals surface area contributed by atoms with Crippen molar-refractivity contribution in [2.75, 3.05) is 6.61 Å². The van der Waals surface area contributed by atoms with Crippen molar-refractivity contribution in [1.29, 1.82) is 0 Å². The van der Waals surface area contributed by atoms with E-state index in [4.69, 9.17) is 9.47 Å². The van der Waals surface area contributed by atoms with Crippen LogP contribution in [0.25, 0.3) is 0 Å². The molecule has 1 unspecified atom stereocenters. The third-order valence-electron chi connectivity index (χ3n) is 0.990. The van der Waals surface area contributed by atoms with Gasteiger partial charge in [0.15, 0.2) is 6.29 Å². The summed E-state index contributed by atoms with van der Waals surface area (Å²) in [7, 11) is 0. The lowest BCUT2D eigenvalue weighted by atomic mass is 10.3. The van der Waals surface area contributed by atoms with Gasteiger partial charge in [0.1, 0.15) is 0 Å². The van der Waals surface area contributed by atoms with Crippen molar-refractivity contribution >= 4 is 6.29 Å². The molecule has 1 rings (SSSR count). The Labute approximate surface area is 53.3 Å². The smallest absolute Gasteiger partial charge is 0.256 e. The highest BCUT2D eigenvalue weighted by Gasteiger charge is 2.10. The zero-order valence-corrected chi connectivity index (χ0v) is 5.16. The molecule has 1 aliphatic heterocycles. The van der Waals surface area contributed by atoms with E-state index in [9.17, 15) is 4.79 Å². The van der Waals surface area contributed by atoms with Crippen LogP contribution in [0, 0.1) is 0 Å². The highest BCUT2D eigenvalue weighted by atomic mass is 16.7. The minimum atomic E-state index is -0.686. The van der Waals surface area contributed by atoms with Crippen LogP contribution >= 0.6 is 0 Å². The Morgan fingerprint density at radius 3 is 3.11 bits per heavy atom. The summed E-state index contributed by atoms with van der Waals surface area (Å²) in [4.78, 5) is 9.99. The van der Waals surface area contributed by atoms with Gasteiger partial charge in [-0.3, -0.25) is 4.79 Å². The summed E-state index contributed by atoms with van der Waals surface area (Å²) in [5, 5.41) is 0. The SMILES string of the molecule is CC1=COC(C=O)OC1. The molecule has 0 fully saturated rings. The van der Waals surface area contributed by atoms with E-state index in [0.717, 1.165) is 5.57 Å². The Kier molecular flexibility index (Phi) is 1.85. The number of aldehydes is 1. The van der Waals surface area contributed by atoms with Gasteiger partial charge < -0.3 is 9.47 Å². The number of carbonyl (C=O) groups is 1. The van der Waals surface area contributed by atoms with Crippen molar-refractivity contribution in [3.8, 4) is 0 Å². The van der Waals surface area contributed by atoms with Crippen LogP contribution in [-0.2, 0) is 14.3 Å². The Morgan fingerprint density at radius 2 is 2.67 bits per heavy atom. The van der Waals surface area contributed by atoms with Gasteiger partial charge >= 0.3 is 0 Å². The summed E-state index contributed by atoms with van der Waals surface area (Å²) in [6.07, 6.45) is 1.49. The number of carbonyl (C=O) groups excluding carboxylic acids is 1. The van der Waals surface area contributed by atoms with E-state index in [0.29, 0.717) is 12.9 Å². The van der Waals surface area contributed by atoms with Gasteiger partial charge in [0.05, 0.1) is 12.9 Å². The van der Waals surface area contributed by atoms with Crippen LogP contribution in [0.4, 0.5) is 0 Å². The van der Waals surface area contributed by atoms with Crippen LogP contribution < -0.4 is 0 Å². The quantitative estimate of drug-likeness (QED) is 0.481. The maximum Gasteiger partial charge on any atom is 0.256 e. The van der Waals surface area contributed by atoms with Crippen LogP contribution in [0.1, 0.15) is 6.92 Å². The van der Waals surface area contributed by atoms with Crippen molar-refractivity contribution in [3.63, 3.8) is 0 Å². The maximum atomic E-state index is 9.99. The van der Waals surface area contributed by atoms with Crippen LogP contribution in [0.5, 0.6) is 0 Å². The van der Waals surface area contributed by atoms with Gasteiger partial charge in [-0.05, 0) is 12.5 Å². The molecule has 0 aromatic rings. The van der Waals surface area contributed by atoms with Crippen LogP contribution in [0.2, 0.25) is 0 Å². The topological polar surface area (TPSA) is 35.5 Å². The molecule has 0 saturated heterocycles. The van der Waals surface area contributed by atoms with Crippen LogP contribution in [0.15, 0.2) is 11.8 Å². The van der Waals surface area contributed by atoms with E-state index in [1.807, 2.05) is 6.92 Å². The molecule has 50 valence electrons. The fourth-order valence-corrected chi connectivity index (χ4v) is 0.541. The molecule has 1 heterocycles. The molecule has 0 radical (unpaired) electrons. The molecule has 1 aliphatic rings. The van der Waals surface area contributed by atoms with Gasteiger partial charge in [-0.15, -0.1) is 0 Å². The van der Waals surface area contributed by atoms with Crippen molar-refractivity contribution in [3.05, 3.63) is 11.8 Å². The Hall–Kier alpha value is -0.830. The Bertz CT molecular complexity index is 139. The van der Waals surface area contributed by atoms with Crippen LogP contribution in [0.3, 0.4) is 0 Å². The van der Waals surface area contributed by atoms with Gasteiger partial charge in [0, 0.05) is 0 Å². The summed E-state index contributed by atoms with van der Waals surface area (Å²) in [5.74, 6) is 0. The Morgan fingerprint density at radius 1 is 1.89 bits per heavy atom. The Balaban J connectivity index is 2.45. The molecule has 0 aliphatic carbocycles. The highest BCUT2D eigenvalue weighted by Crippen LogP contribution is 2.05. The van der Waals surface area contributed by atoms with E-state index in [-0.39, 0.29) is 0 Å². The lowest BCUT2D eigenvalue weighted by molar-refractivity contribution is -0.146. The number of hydrogen-bond donors (Lipinski definition) is 0. The molecule has 3 nitrogen and oxygen atoms in total. The average Bonchev–Trinajstić information content (AvgIpc) is 1.90. The minimum absolute atomic E-state index is 0.489. The first kappa shape index (κ1) is 6.29. The fraction of sp³-hybridized carbons (Fsp3) is 0.500. The second kappa shape index (κ2) is 2.64. The molecule has 0 amide bonds. The largest absolute Gasteiger partial charge is 0.465 e. The molecule has 1 atom stereocenters. The molecular weight excluding hydrogens is 120 g/mol. The second-order valence-electron chi connectivity index (χ2n) is 1.92. The monoisotopic (exact) mass is 128 g/mol. The van der Waals surface area contributed by atoms with E-state index < -0.39 is 6.29 Å². The molecule has 9 heavy (non-hydrogen) atoms. The molecule has 0 aromatic carbocycles. The van der Waals surface area contributed by atoms with E-state index >= 15 is 0 Å². The van der Waals surface area contributed by atoms with Crippen molar-refractivity contribution in [2.45, 2.75) is 13.2 Å². The van der Waals surface area contributed by atoms with E-state index in [1.54, 1.807) is 6.26 Å². The molecule has 0 saturated carbocycles. The second-order valence-corrected chi connectivity index (χ2v) is 1.92. The lowest BCUT2D eigenvalue weighted by Crippen LogP contribution is -2.21. The highest BCUT2D eigenvalue weighted by molar-refractivity contribution is 5.54. The van der Waals surface area contributed by atoms with Crippen molar-refractivity contribution in [1.82, 2.24) is 0 Å². The predicted octanol–water partition coefficient (Wildman–Crippen LogP) is 0.462. The van der Waals surface area contributed by atoms with Gasteiger partial charge in [0.2, 0.25) is 0 Å². The first-order valence-corrected chi connectivity index (χ1v) is 2.71. The molecule has 0 aromatic heterocycles. The molecular formula is C6H8O3. The molecule has 3 heteroatoms. The zero-order chi connectivity index (χ0) is 6.69. The molecule has 0 spiro atoms. The molecule has 0 N–H and O–H groups in total. The van der Waals surface area contributed by atoms with Gasteiger partial charge in [-0.1, -0.05) is 0 Å².